The fourth-order valence-corrected chi connectivity index (χ4v) is 1.41. The summed E-state index contributed by atoms with van der Waals surface area (Å²) in [6.45, 7) is 1.58. The first-order valence-electron chi connectivity index (χ1n) is 4.55. The number of amides is 1. The maximum atomic E-state index is 11.8. The summed E-state index contributed by atoms with van der Waals surface area (Å²) in [6.07, 6.45) is 1.22. The molecule has 1 amide bonds. The van der Waals surface area contributed by atoms with E-state index in [1.54, 1.807) is 6.92 Å². The molecule has 1 N–H and O–H groups in total. The van der Waals surface area contributed by atoms with Crippen molar-refractivity contribution in [2.75, 3.05) is 14.2 Å². The summed E-state index contributed by atoms with van der Waals surface area (Å²) in [5, 5.41) is 2.42. The molecule has 0 spiro atoms. The van der Waals surface area contributed by atoms with Gasteiger partial charge in [-0.05, 0) is 6.92 Å². The van der Waals surface area contributed by atoms with Crippen LogP contribution >= 0.6 is 11.6 Å². The zero-order valence-electron chi connectivity index (χ0n) is 9.15. The van der Waals surface area contributed by atoms with Gasteiger partial charge < -0.3 is 10.1 Å². The van der Waals surface area contributed by atoms with Crippen molar-refractivity contribution in [2.45, 2.75) is 13.0 Å². The largest absolute Gasteiger partial charge is 0.489 e. The predicted octanol–water partition coefficient (Wildman–Crippen LogP) is 0.212. The van der Waals surface area contributed by atoms with E-state index < -0.39 is 11.6 Å². The first-order chi connectivity index (χ1) is 7.52. The number of nitrogens with zero attached hydrogens (tertiary/aromatic N) is 2. The van der Waals surface area contributed by atoms with Crippen molar-refractivity contribution in [3.8, 4) is 5.75 Å². The molecule has 0 aliphatic heterocycles. The van der Waals surface area contributed by atoms with Gasteiger partial charge in [0.1, 0.15) is 12.4 Å². The number of nitrogens with one attached hydrogen (secondary N) is 1. The minimum absolute atomic E-state index is 0.0205. The van der Waals surface area contributed by atoms with Crippen molar-refractivity contribution in [1.29, 1.82) is 0 Å². The molecule has 1 heterocycles. The molecule has 7 heteroatoms. The maximum Gasteiger partial charge on any atom is 0.298 e. The van der Waals surface area contributed by atoms with Gasteiger partial charge in [0, 0.05) is 7.05 Å². The van der Waals surface area contributed by atoms with Crippen LogP contribution < -0.4 is 15.6 Å². The van der Waals surface area contributed by atoms with Crippen LogP contribution in [0.15, 0.2) is 11.1 Å². The van der Waals surface area contributed by atoms with E-state index in [4.69, 9.17) is 16.3 Å². The van der Waals surface area contributed by atoms with Crippen LogP contribution in [0.2, 0.25) is 5.15 Å². The summed E-state index contributed by atoms with van der Waals surface area (Å²) < 4.78 is 5.98. The zero-order chi connectivity index (χ0) is 12.3. The van der Waals surface area contributed by atoms with Crippen LogP contribution in [0, 0.1) is 0 Å². The van der Waals surface area contributed by atoms with Gasteiger partial charge in [-0.2, -0.15) is 0 Å². The molecule has 0 fully saturated rings. The monoisotopic (exact) mass is 245 g/mol. The third-order valence-electron chi connectivity index (χ3n) is 2.16. The Morgan fingerprint density at radius 2 is 2.31 bits per heavy atom. The van der Waals surface area contributed by atoms with E-state index in [1.165, 1.54) is 20.5 Å². The Labute approximate surface area is 97.2 Å². The standard InChI is InChI=1S/C9H12ClN3O3/c1-5(8(14)11-2)13-4-12-7(10)6(16-3)9(13)15/h4-5H,1-3H3,(H,11,14). The molecule has 0 aliphatic rings. The molecule has 0 aliphatic carbocycles. The second-order valence-electron chi connectivity index (χ2n) is 3.07. The van der Waals surface area contributed by atoms with Crippen molar-refractivity contribution in [3.63, 3.8) is 0 Å². The number of likely N-dealkylation sites (N-methyl/N-ethyl adjacent to an activating group) is 1. The van der Waals surface area contributed by atoms with Crippen molar-refractivity contribution < 1.29 is 9.53 Å². The fourth-order valence-electron chi connectivity index (χ4n) is 1.21. The second-order valence-corrected chi connectivity index (χ2v) is 3.43. The van der Waals surface area contributed by atoms with E-state index in [-0.39, 0.29) is 16.8 Å². The second kappa shape index (κ2) is 4.98. The molecule has 0 saturated heterocycles. The van der Waals surface area contributed by atoms with E-state index in [0.29, 0.717) is 0 Å². The summed E-state index contributed by atoms with van der Waals surface area (Å²) in [5.41, 5.74) is -0.487. The highest BCUT2D eigenvalue weighted by atomic mass is 35.5. The Balaban J connectivity index is 3.26. The molecule has 0 aromatic carbocycles. The molecule has 0 radical (unpaired) electrons. The molecule has 1 atom stereocenters. The van der Waals surface area contributed by atoms with Crippen molar-refractivity contribution >= 4 is 17.5 Å². The quantitative estimate of drug-likeness (QED) is 0.773. The normalized spacial score (nSPS) is 12.0. The lowest BCUT2D eigenvalue weighted by Crippen LogP contribution is -2.34. The molecule has 1 aromatic heterocycles. The lowest BCUT2D eigenvalue weighted by Gasteiger charge is -2.14. The van der Waals surface area contributed by atoms with Crippen LogP contribution in [0.3, 0.4) is 0 Å². The molecule has 1 aromatic rings. The van der Waals surface area contributed by atoms with Crippen LogP contribution in [0.4, 0.5) is 0 Å². The van der Waals surface area contributed by atoms with E-state index in [0.717, 1.165) is 4.57 Å². The average molecular weight is 246 g/mol. The number of carbonyl (C=O) groups excluding carboxylic acids is 1. The van der Waals surface area contributed by atoms with E-state index in [9.17, 15) is 9.59 Å². The van der Waals surface area contributed by atoms with Crippen molar-refractivity contribution in [2.24, 2.45) is 0 Å². The first-order valence-corrected chi connectivity index (χ1v) is 4.93. The average Bonchev–Trinajstić information content (AvgIpc) is 2.28. The van der Waals surface area contributed by atoms with Gasteiger partial charge in [-0.25, -0.2) is 4.98 Å². The molecule has 0 saturated carbocycles. The van der Waals surface area contributed by atoms with Gasteiger partial charge in [0.15, 0.2) is 5.15 Å². The van der Waals surface area contributed by atoms with Gasteiger partial charge in [-0.3, -0.25) is 14.2 Å². The van der Waals surface area contributed by atoms with E-state index in [2.05, 4.69) is 10.3 Å². The van der Waals surface area contributed by atoms with Gasteiger partial charge in [0.05, 0.1) is 7.11 Å². The van der Waals surface area contributed by atoms with Crippen LogP contribution in [0.5, 0.6) is 5.75 Å². The molecular formula is C9H12ClN3O3. The topological polar surface area (TPSA) is 73.2 Å². The van der Waals surface area contributed by atoms with Gasteiger partial charge in [0.25, 0.3) is 5.56 Å². The number of carbonyl (C=O) groups is 1. The van der Waals surface area contributed by atoms with E-state index >= 15 is 0 Å². The molecule has 16 heavy (non-hydrogen) atoms. The molecule has 0 bridgehead atoms. The SMILES string of the molecule is CNC(=O)C(C)n1cnc(Cl)c(OC)c1=O. The van der Waals surface area contributed by atoms with Gasteiger partial charge in [-0.1, -0.05) is 11.6 Å². The van der Waals surface area contributed by atoms with Gasteiger partial charge >= 0.3 is 0 Å². The molecule has 6 nitrogen and oxygen atoms in total. The number of halogens is 1. The van der Waals surface area contributed by atoms with Crippen molar-refractivity contribution in [3.05, 3.63) is 21.8 Å². The lowest BCUT2D eigenvalue weighted by atomic mass is 10.3. The minimum atomic E-state index is -0.670. The summed E-state index contributed by atoms with van der Waals surface area (Å²) in [6, 6.07) is -0.670. The number of methoxy groups -OCH3 is 1. The van der Waals surface area contributed by atoms with E-state index in [1.807, 2.05) is 0 Å². The van der Waals surface area contributed by atoms with Crippen LogP contribution in [0.1, 0.15) is 13.0 Å². The smallest absolute Gasteiger partial charge is 0.298 e. The summed E-state index contributed by atoms with van der Waals surface area (Å²) in [5.74, 6) is -0.367. The highest BCUT2D eigenvalue weighted by Crippen LogP contribution is 2.16. The minimum Gasteiger partial charge on any atom is -0.489 e. The number of aromatic nitrogens is 2. The number of hydrogen-bond acceptors (Lipinski definition) is 4. The Bertz CT molecular complexity index is 458. The zero-order valence-corrected chi connectivity index (χ0v) is 9.91. The van der Waals surface area contributed by atoms with Gasteiger partial charge in [-0.15, -0.1) is 0 Å². The van der Waals surface area contributed by atoms with Crippen LogP contribution in [0.25, 0.3) is 0 Å². The Hall–Kier alpha value is -1.56. The predicted molar refractivity (Wildman–Crippen MR) is 58.8 cm³/mol. The van der Waals surface area contributed by atoms with Crippen molar-refractivity contribution in [1.82, 2.24) is 14.9 Å². The Kier molecular flexibility index (Phi) is 3.89. The fraction of sp³-hybridized carbons (Fsp3) is 0.444. The summed E-state index contributed by atoms with van der Waals surface area (Å²) in [4.78, 5) is 27.0. The molecule has 1 unspecified atom stereocenters. The summed E-state index contributed by atoms with van der Waals surface area (Å²) >= 11 is 5.67. The highest BCUT2D eigenvalue weighted by Gasteiger charge is 2.18. The highest BCUT2D eigenvalue weighted by molar-refractivity contribution is 6.30. The first kappa shape index (κ1) is 12.5. The third-order valence-corrected chi connectivity index (χ3v) is 2.43. The Morgan fingerprint density at radius 3 is 2.81 bits per heavy atom. The molecule has 1 rings (SSSR count). The van der Waals surface area contributed by atoms with Crippen LogP contribution in [-0.2, 0) is 4.79 Å². The maximum absolute atomic E-state index is 11.8. The number of hydrogen-bond donors (Lipinski definition) is 1. The summed E-state index contributed by atoms with van der Waals surface area (Å²) in [7, 11) is 2.81. The van der Waals surface area contributed by atoms with Gasteiger partial charge in [0.2, 0.25) is 11.7 Å². The number of ether oxygens (including phenoxy) is 1. The number of rotatable bonds is 3. The molecular weight excluding hydrogens is 234 g/mol. The Morgan fingerprint density at radius 1 is 1.69 bits per heavy atom. The lowest BCUT2D eigenvalue weighted by molar-refractivity contribution is -0.123. The molecule has 88 valence electrons. The van der Waals surface area contributed by atoms with Crippen LogP contribution in [-0.4, -0.2) is 29.6 Å². The third kappa shape index (κ3) is 2.16.